The molecule has 1 N–H and O–H groups in total. The molecule has 0 radical (unpaired) electrons. The van der Waals surface area contributed by atoms with Crippen LogP contribution in [0.25, 0.3) is 11.1 Å². The number of hydrogen-bond donors (Lipinski definition) is 1. The van der Waals surface area contributed by atoms with E-state index in [2.05, 4.69) is 5.32 Å². The molecule has 2 fully saturated rings. The van der Waals surface area contributed by atoms with Gasteiger partial charge in [-0.2, -0.15) is 0 Å². The maximum Gasteiger partial charge on any atom is 0.408 e. The first kappa shape index (κ1) is 33.5. The Hall–Kier alpha value is -3.40. The van der Waals surface area contributed by atoms with Gasteiger partial charge in [0.05, 0.1) is 17.2 Å². The van der Waals surface area contributed by atoms with Gasteiger partial charge in [-0.25, -0.2) is 18.8 Å². The summed E-state index contributed by atoms with van der Waals surface area (Å²) in [6, 6.07) is 3.19. The first-order valence-corrected chi connectivity index (χ1v) is 15.4. The molecule has 0 saturated heterocycles. The van der Waals surface area contributed by atoms with E-state index in [1.807, 2.05) is 0 Å². The number of halogens is 2. The van der Waals surface area contributed by atoms with Gasteiger partial charge in [-0.1, -0.05) is 30.5 Å². The van der Waals surface area contributed by atoms with Crippen molar-refractivity contribution in [1.29, 1.82) is 0 Å². The third-order valence-electron chi connectivity index (χ3n) is 7.44. The number of hydrogen-bond acceptors (Lipinski definition) is 7. The monoisotopic (exact) mass is 632 g/mol. The predicted molar refractivity (Wildman–Crippen MR) is 164 cm³/mol. The molecule has 1 amide bonds. The van der Waals surface area contributed by atoms with Gasteiger partial charge in [-0.3, -0.25) is 4.79 Å². The van der Waals surface area contributed by atoms with E-state index in [9.17, 15) is 19.2 Å². The summed E-state index contributed by atoms with van der Waals surface area (Å²) in [6.45, 7) is 12.2. The molecular formula is C33H42ClFN2O7. The van der Waals surface area contributed by atoms with E-state index in [4.69, 9.17) is 25.8 Å². The Balaban J connectivity index is 1.82. The minimum atomic E-state index is -0.979. The molecule has 1 unspecified atom stereocenters. The first-order valence-electron chi connectivity index (χ1n) is 15.1. The van der Waals surface area contributed by atoms with Crippen molar-refractivity contribution in [1.82, 2.24) is 9.88 Å². The smallest absolute Gasteiger partial charge is 0.408 e. The molecule has 0 aliphatic heterocycles. The second-order valence-corrected chi connectivity index (χ2v) is 14.2. The Morgan fingerprint density at radius 3 is 2.27 bits per heavy atom. The molecule has 2 saturated carbocycles. The Labute approximate surface area is 262 Å². The lowest BCUT2D eigenvalue weighted by molar-refractivity contribution is -0.159. The molecule has 0 bridgehead atoms. The summed E-state index contributed by atoms with van der Waals surface area (Å²) in [4.78, 5) is 53.0. The van der Waals surface area contributed by atoms with Crippen LogP contribution >= 0.6 is 11.6 Å². The minimum Gasteiger partial charge on any atom is -0.462 e. The molecule has 4 rings (SSSR count). The van der Waals surface area contributed by atoms with Crippen LogP contribution in [0.2, 0.25) is 5.02 Å². The van der Waals surface area contributed by atoms with Crippen LogP contribution in [-0.4, -0.2) is 45.9 Å². The minimum absolute atomic E-state index is 0.0119. The Bertz CT molecular complexity index is 1500. The van der Waals surface area contributed by atoms with Gasteiger partial charge >= 0.3 is 18.0 Å². The summed E-state index contributed by atoms with van der Waals surface area (Å²) in [5, 5.41) is 2.71. The molecule has 1 aromatic carbocycles. The zero-order valence-corrected chi connectivity index (χ0v) is 27.2. The van der Waals surface area contributed by atoms with Gasteiger partial charge in [0.25, 0.3) is 5.56 Å². The van der Waals surface area contributed by atoms with Gasteiger partial charge in [0.15, 0.2) is 0 Å². The van der Waals surface area contributed by atoms with Crippen molar-refractivity contribution in [3.63, 3.8) is 0 Å². The van der Waals surface area contributed by atoms with Crippen LogP contribution in [0.3, 0.4) is 0 Å². The van der Waals surface area contributed by atoms with Crippen molar-refractivity contribution in [2.24, 2.45) is 5.92 Å². The SMILES string of the molecule is CCOC(=O)c1cn(C(CC2CC2)C(=O)OC(C)(C)C)c(=O)cc1-c1c(CC2(NC(=O)OC(C)(C)C)CC2)ccc(Cl)c1F. The van der Waals surface area contributed by atoms with Gasteiger partial charge < -0.3 is 24.1 Å². The normalized spacial score (nSPS) is 16.6. The standard InChI is InChI=1S/C33H42ClFN2O7/c1-8-42-28(39)22-18-37(24(15-19-9-10-19)29(40)43-31(2,3)4)25(38)16-21(22)26-20(11-12-23(34)27(26)35)17-33(13-14-33)36-30(41)44-32(5,6)7/h11-12,16,18-19,24H,8-10,13-15,17H2,1-7H3,(H,36,41). The number of carbonyl (C=O) groups excluding carboxylic acids is 3. The van der Waals surface area contributed by atoms with Crippen molar-refractivity contribution in [3.05, 3.63) is 56.7 Å². The van der Waals surface area contributed by atoms with E-state index in [0.717, 1.165) is 18.9 Å². The highest BCUT2D eigenvalue weighted by Gasteiger charge is 2.46. The number of aromatic nitrogens is 1. The van der Waals surface area contributed by atoms with Crippen LogP contribution in [0.1, 0.15) is 103 Å². The molecule has 1 heterocycles. The third kappa shape index (κ3) is 8.40. The summed E-state index contributed by atoms with van der Waals surface area (Å²) >= 11 is 6.24. The number of rotatable bonds is 10. The highest BCUT2D eigenvalue weighted by Crippen LogP contribution is 2.43. The molecule has 0 spiro atoms. The van der Waals surface area contributed by atoms with Gasteiger partial charge in [0.1, 0.15) is 23.1 Å². The van der Waals surface area contributed by atoms with Crippen LogP contribution in [0.4, 0.5) is 9.18 Å². The number of ether oxygens (including phenoxy) is 3. The molecular weight excluding hydrogens is 591 g/mol. The van der Waals surface area contributed by atoms with Gasteiger partial charge in [-0.05, 0) is 91.7 Å². The number of pyridine rings is 1. The average Bonchev–Trinajstić information content (AvgIpc) is 3.81. The van der Waals surface area contributed by atoms with Crippen LogP contribution in [0, 0.1) is 11.7 Å². The van der Waals surface area contributed by atoms with E-state index in [-0.39, 0.29) is 40.7 Å². The molecule has 44 heavy (non-hydrogen) atoms. The van der Waals surface area contributed by atoms with E-state index < -0.39 is 52.2 Å². The van der Waals surface area contributed by atoms with E-state index >= 15 is 4.39 Å². The van der Waals surface area contributed by atoms with Crippen molar-refractivity contribution < 1.29 is 33.0 Å². The lowest BCUT2D eigenvalue weighted by atomic mass is 9.91. The van der Waals surface area contributed by atoms with E-state index in [1.54, 1.807) is 54.5 Å². The molecule has 2 aromatic rings. The summed E-state index contributed by atoms with van der Waals surface area (Å²) in [5.41, 5.74) is -2.51. The van der Waals surface area contributed by atoms with Crippen LogP contribution in [0.5, 0.6) is 0 Å². The molecule has 1 atom stereocenters. The number of esters is 2. The average molecular weight is 633 g/mol. The van der Waals surface area contributed by atoms with Crippen molar-refractivity contribution in [3.8, 4) is 11.1 Å². The Morgan fingerprint density at radius 1 is 1.09 bits per heavy atom. The first-order chi connectivity index (χ1) is 20.4. The second kappa shape index (κ2) is 12.5. The predicted octanol–water partition coefficient (Wildman–Crippen LogP) is 6.77. The van der Waals surface area contributed by atoms with Crippen LogP contribution in [-0.2, 0) is 25.4 Å². The Morgan fingerprint density at radius 2 is 1.73 bits per heavy atom. The number of nitrogens with zero attached hydrogens (tertiary/aromatic N) is 1. The fourth-order valence-electron chi connectivity index (χ4n) is 5.14. The second-order valence-electron chi connectivity index (χ2n) is 13.8. The van der Waals surface area contributed by atoms with Gasteiger partial charge in [0, 0.05) is 28.9 Å². The zero-order chi connectivity index (χ0) is 32.6. The lowest BCUT2D eigenvalue weighted by Gasteiger charge is -2.26. The maximum atomic E-state index is 16.0. The number of carbonyl (C=O) groups is 3. The quantitative estimate of drug-likeness (QED) is 0.227. The number of alkyl carbamates (subject to hydrolysis) is 1. The van der Waals surface area contributed by atoms with Gasteiger partial charge in [-0.15, -0.1) is 0 Å². The number of amides is 1. The number of benzene rings is 1. The van der Waals surface area contributed by atoms with Crippen molar-refractivity contribution in [2.75, 3.05) is 6.61 Å². The van der Waals surface area contributed by atoms with E-state index in [0.29, 0.717) is 24.8 Å². The summed E-state index contributed by atoms with van der Waals surface area (Å²) in [6.07, 6.45) is 4.34. The molecule has 1 aromatic heterocycles. The largest absolute Gasteiger partial charge is 0.462 e. The summed E-state index contributed by atoms with van der Waals surface area (Å²) in [5.74, 6) is -1.95. The molecule has 2 aliphatic rings. The zero-order valence-electron chi connectivity index (χ0n) is 26.5. The highest BCUT2D eigenvalue weighted by molar-refractivity contribution is 6.31. The van der Waals surface area contributed by atoms with Crippen LogP contribution < -0.4 is 10.9 Å². The molecule has 9 nitrogen and oxygen atoms in total. The van der Waals surface area contributed by atoms with Crippen molar-refractivity contribution >= 4 is 29.6 Å². The third-order valence-corrected chi connectivity index (χ3v) is 7.74. The summed E-state index contributed by atoms with van der Waals surface area (Å²) in [7, 11) is 0. The fourth-order valence-corrected chi connectivity index (χ4v) is 5.30. The molecule has 11 heteroatoms. The van der Waals surface area contributed by atoms with Crippen molar-refractivity contribution in [2.45, 2.75) is 110 Å². The van der Waals surface area contributed by atoms with Crippen LogP contribution in [0.15, 0.2) is 29.2 Å². The van der Waals surface area contributed by atoms with Gasteiger partial charge in [0.2, 0.25) is 0 Å². The lowest BCUT2D eigenvalue weighted by Crippen LogP contribution is -2.42. The topological polar surface area (TPSA) is 113 Å². The Kier molecular flexibility index (Phi) is 9.54. The van der Waals surface area contributed by atoms with E-state index in [1.165, 1.54) is 16.8 Å². The molecule has 240 valence electrons. The summed E-state index contributed by atoms with van der Waals surface area (Å²) < 4.78 is 33.5. The highest BCUT2D eigenvalue weighted by atomic mass is 35.5. The maximum absolute atomic E-state index is 16.0. The number of nitrogens with one attached hydrogen (secondary N) is 1. The fraction of sp³-hybridized carbons (Fsp3) is 0.576. The molecule has 2 aliphatic carbocycles.